The summed E-state index contributed by atoms with van der Waals surface area (Å²) in [6.07, 6.45) is -0.497. The molecule has 0 aromatic heterocycles. The van der Waals surface area contributed by atoms with E-state index in [2.05, 4.69) is 23.6 Å². The zero-order chi connectivity index (χ0) is 19.8. The monoisotopic (exact) mass is 374 g/mol. The Balaban J connectivity index is 1.73. The number of halogens is 3. The molecule has 142 valence electrons. The average Bonchev–Trinajstić information content (AvgIpc) is 3.40. The van der Waals surface area contributed by atoms with Gasteiger partial charge >= 0.3 is 6.18 Å². The van der Waals surface area contributed by atoms with E-state index in [1.807, 2.05) is 0 Å². The van der Waals surface area contributed by atoms with Crippen LogP contribution in [0.25, 0.3) is 5.57 Å². The first kappa shape index (κ1) is 18.9. The fourth-order valence-corrected chi connectivity index (χ4v) is 2.82. The van der Waals surface area contributed by atoms with Crippen molar-refractivity contribution in [1.29, 1.82) is 5.41 Å². The molecule has 1 saturated carbocycles. The summed E-state index contributed by atoms with van der Waals surface area (Å²) in [6.45, 7) is 9.99. The molecule has 1 aliphatic carbocycles. The molecule has 0 spiro atoms. The highest BCUT2D eigenvalue weighted by Gasteiger charge is 2.30. The van der Waals surface area contributed by atoms with Gasteiger partial charge < -0.3 is 10.7 Å². The van der Waals surface area contributed by atoms with Crippen LogP contribution in [0.2, 0.25) is 0 Å². The maximum absolute atomic E-state index is 12.7. The molecule has 0 saturated heterocycles. The first-order valence-electron chi connectivity index (χ1n) is 8.59. The van der Waals surface area contributed by atoms with Gasteiger partial charge in [-0.15, -0.1) is 0 Å². The standard InChI is InChI=1S/C20H21F3N4/c1-12(15-4-6-16(7-5-15)20(21,22)23)11-27-14(3)19(13(2)24)18(10-25-27)26-17-8-9-17/h4-7,10,17,24,26H,1,3,8-9,11H2,2H3. The quantitative estimate of drug-likeness (QED) is 0.716. The van der Waals surface area contributed by atoms with Gasteiger partial charge in [-0.05, 0) is 43.0 Å². The summed E-state index contributed by atoms with van der Waals surface area (Å²) in [6, 6.07) is 5.31. The SMILES string of the molecule is C=C(CN1N=CC(NC2CC2)=C(C(C)=N)C1=C)c1ccc(C(F)(F)F)cc1. The molecule has 1 fully saturated rings. The Kier molecular flexibility index (Phi) is 4.95. The van der Waals surface area contributed by atoms with Gasteiger partial charge in [0.2, 0.25) is 0 Å². The van der Waals surface area contributed by atoms with Gasteiger partial charge in [-0.25, -0.2) is 0 Å². The molecule has 7 heteroatoms. The summed E-state index contributed by atoms with van der Waals surface area (Å²) in [7, 11) is 0. The minimum atomic E-state index is -4.36. The van der Waals surface area contributed by atoms with E-state index in [-0.39, 0.29) is 6.54 Å². The van der Waals surface area contributed by atoms with E-state index in [1.165, 1.54) is 12.1 Å². The number of nitrogens with one attached hydrogen (secondary N) is 2. The van der Waals surface area contributed by atoms with Crippen molar-refractivity contribution in [3.63, 3.8) is 0 Å². The molecule has 2 N–H and O–H groups in total. The average molecular weight is 374 g/mol. The van der Waals surface area contributed by atoms with E-state index < -0.39 is 11.7 Å². The summed E-state index contributed by atoms with van der Waals surface area (Å²) < 4.78 is 38.1. The predicted molar refractivity (Wildman–Crippen MR) is 101 cm³/mol. The van der Waals surface area contributed by atoms with Crippen LogP contribution in [0.3, 0.4) is 0 Å². The highest BCUT2D eigenvalue weighted by atomic mass is 19.4. The number of hydrogen-bond acceptors (Lipinski definition) is 4. The smallest absolute Gasteiger partial charge is 0.380 e. The zero-order valence-electron chi connectivity index (χ0n) is 15.0. The van der Waals surface area contributed by atoms with E-state index in [1.54, 1.807) is 18.1 Å². The number of nitrogens with zero attached hydrogens (tertiary/aromatic N) is 2. The third kappa shape index (κ3) is 4.30. The number of rotatable bonds is 6. The Bertz CT molecular complexity index is 843. The van der Waals surface area contributed by atoms with Gasteiger partial charge in [0.05, 0.1) is 29.7 Å². The van der Waals surface area contributed by atoms with E-state index in [0.29, 0.717) is 34.2 Å². The molecule has 1 aliphatic heterocycles. The third-order valence-electron chi connectivity index (χ3n) is 4.47. The second kappa shape index (κ2) is 7.06. The van der Waals surface area contributed by atoms with Crippen molar-refractivity contribution in [2.75, 3.05) is 6.54 Å². The molecule has 0 unspecified atom stereocenters. The first-order valence-corrected chi connectivity index (χ1v) is 8.59. The van der Waals surface area contributed by atoms with Crippen molar-refractivity contribution in [2.45, 2.75) is 32.0 Å². The van der Waals surface area contributed by atoms with Crippen LogP contribution in [0.5, 0.6) is 0 Å². The summed E-state index contributed by atoms with van der Waals surface area (Å²) in [5.41, 5.74) is 2.94. The first-order chi connectivity index (χ1) is 12.7. The van der Waals surface area contributed by atoms with E-state index >= 15 is 0 Å². The Labute approximate surface area is 156 Å². The third-order valence-corrected chi connectivity index (χ3v) is 4.47. The van der Waals surface area contributed by atoms with Gasteiger partial charge in [-0.3, -0.25) is 5.01 Å². The minimum absolute atomic E-state index is 0.272. The largest absolute Gasteiger partial charge is 0.416 e. The number of benzene rings is 1. The zero-order valence-corrected chi connectivity index (χ0v) is 15.0. The van der Waals surface area contributed by atoms with E-state index in [9.17, 15) is 13.2 Å². The van der Waals surface area contributed by atoms with Crippen LogP contribution in [0.15, 0.2) is 59.5 Å². The molecule has 0 amide bonds. The number of hydrazone groups is 1. The van der Waals surface area contributed by atoms with Crippen LogP contribution in [0.1, 0.15) is 30.9 Å². The predicted octanol–water partition coefficient (Wildman–Crippen LogP) is 4.58. The van der Waals surface area contributed by atoms with Crippen LogP contribution in [0.4, 0.5) is 13.2 Å². The number of allylic oxidation sites excluding steroid dienone is 2. The molecule has 1 heterocycles. The van der Waals surface area contributed by atoms with Gasteiger partial charge in [-0.2, -0.15) is 18.3 Å². The second-order valence-corrected chi connectivity index (χ2v) is 6.76. The number of alkyl halides is 3. The van der Waals surface area contributed by atoms with E-state index in [4.69, 9.17) is 5.41 Å². The fourth-order valence-electron chi connectivity index (χ4n) is 2.82. The summed E-state index contributed by atoms with van der Waals surface area (Å²) in [5.74, 6) is 0. The summed E-state index contributed by atoms with van der Waals surface area (Å²) in [4.78, 5) is 0. The van der Waals surface area contributed by atoms with Crippen LogP contribution in [0, 0.1) is 5.41 Å². The van der Waals surface area contributed by atoms with Crippen LogP contribution >= 0.6 is 0 Å². The molecule has 3 rings (SSSR count). The molecular weight excluding hydrogens is 353 g/mol. The molecule has 27 heavy (non-hydrogen) atoms. The van der Waals surface area contributed by atoms with Gasteiger partial charge in [0.1, 0.15) is 0 Å². The molecule has 1 aromatic carbocycles. The molecule has 4 nitrogen and oxygen atoms in total. The lowest BCUT2D eigenvalue weighted by atomic mass is 10.0. The fraction of sp³-hybridized carbons (Fsp3) is 0.300. The minimum Gasteiger partial charge on any atom is -0.380 e. The van der Waals surface area contributed by atoms with Crippen LogP contribution in [-0.2, 0) is 6.18 Å². The Hall–Kier alpha value is -2.83. The number of hydrogen-bond donors (Lipinski definition) is 2. The van der Waals surface area contributed by atoms with Crippen molar-refractivity contribution in [3.8, 4) is 0 Å². The van der Waals surface area contributed by atoms with Gasteiger partial charge in [-0.1, -0.05) is 25.3 Å². The lowest BCUT2D eigenvalue weighted by Gasteiger charge is -2.29. The molecule has 0 bridgehead atoms. The van der Waals surface area contributed by atoms with Crippen molar-refractivity contribution in [1.82, 2.24) is 10.3 Å². The Morgan fingerprint density at radius 1 is 1.30 bits per heavy atom. The van der Waals surface area contributed by atoms with Crippen molar-refractivity contribution in [3.05, 3.63) is 65.5 Å². The highest BCUT2D eigenvalue weighted by Crippen LogP contribution is 2.31. The summed E-state index contributed by atoms with van der Waals surface area (Å²) >= 11 is 0. The second-order valence-electron chi connectivity index (χ2n) is 6.76. The van der Waals surface area contributed by atoms with E-state index in [0.717, 1.165) is 30.7 Å². The topological polar surface area (TPSA) is 51.5 Å². The van der Waals surface area contributed by atoms with Crippen molar-refractivity contribution >= 4 is 17.5 Å². The van der Waals surface area contributed by atoms with Crippen LogP contribution < -0.4 is 5.32 Å². The van der Waals surface area contributed by atoms with Gasteiger partial charge in [0.25, 0.3) is 0 Å². The lowest BCUT2D eigenvalue weighted by molar-refractivity contribution is -0.137. The van der Waals surface area contributed by atoms with Crippen molar-refractivity contribution in [2.24, 2.45) is 5.10 Å². The Morgan fingerprint density at radius 2 is 1.93 bits per heavy atom. The van der Waals surface area contributed by atoms with Gasteiger partial charge in [0.15, 0.2) is 0 Å². The Morgan fingerprint density at radius 3 is 2.44 bits per heavy atom. The molecule has 2 aliphatic rings. The maximum atomic E-state index is 12.7. The van der Waals surface area contributed by atoms with Crippen molar-refractivity contribution < 1.29 is 13.2 Å². The highest BCUT2D eigenvalue weighted by molar-refractivity contribution is 6.05. The normalized spacial score (nSPS) is 17.3. The molecular formula is C20H21F3N4. The molecule has 0 atom stereocenters. The van der Waals surface area contributed by atoms with Crippen LogP contribution in [-0.4, -0.2) is 29.5 Å². The molecule has 1 aromatic rings. The summed E-state index contributed by atoms with van der Waals surface area (Å²) in [5, 5.41) is 17.4. The van der Waals surface area contributed by atoms with Gasteiger partial charge in [0, 0.05) is 17.3 Å². The maximum Gasteiger partial charge on any atom is 0.416 e. The molecule has 0 radical (unpaired) electrons. The lowest BCUT2D eigenvalue weighted by Crippen LogP contribution is -2.31.